The highest BCUT2D eigenvalue weighted by molar-refractivity contribution is 6.09. The fraction of sp³-hybridized carbons (Fsp3) is 0.0476. The van der Waals surface area contributed by atoms with Gasteiger partial charge in [0.15, 0.2) is 0 Å². The van der Waals surface area contributed by atoms with Crippen LogP contribution in [0.1, 0.15) is 21.5 Å². The zero-order chi connectivity index (χ0) is 19.9. The maximum absolute atomic E-state index is 12.3. The molecule has 2 aromatic carbocycles. The molecular weight excluding hydrogens is 356 g/mol. The molecule has 3 aromatic rings. The average molecular weight is 372 g/mol. The van der Waals surface area contributed by atoms with Crippen LogP contribution in [-0.2, 0) is 11.3 Å². The number of nitrogens with zero attached hydrogens (tertiary/aromatic N) is 3. The van der Waals surface area contributed by atoms with E-state index in [2.05, 4.69) is 10.4 Å². The number of hydrogen-bond acceptors (Lipinski definition) is 4. The maximum atomic E-state index is 12.3. The Bertz CT molecular complexity index is 1060. The third-order valence-corrected chi connectivity index (χ3v) is 3.91. The number of carbonyl (C=O) groups excluding carboxylic acids is 1. The summed E-state index contributed by atoms with van der Waals surface area (Å²) in [6.07, 6.45) is 4.78. The molecule has 1 heterocycles. The number of anilines is 1. The van der Waals surface area contributed by atoms with Gasteiger partial charge >= 0.3 is 5.97 Å². The summed E-state index contributed by atoms with van der Waals surface area (Å²) in [7, 11) is 0. The Labute approximate surface area is 161 Å². The van der Waals surface area contributed by atoms with Crippen LogP contribution in [0.25, 0.3) is 6.08 Å². The quantitative estimate of drug-likeness (QED) is 0.510. The number of carboxylic acids is 1. The standard InChI is InChI=1S/C21H16N4O3/c22-11-18(20(26)24-19-8-6-17(7-9-19)21(27)28)10-16-12-23-25(14-16)13-15-4-2-1-3-5-15/h1-10,12,14H,13H2,(H,24,26)(H,27,28)/b18-10+. The average Bonchev–Trinajstić information content (AvgIpc) is 3.14. The zero-order valence-corrected chi connectivity index (χ0v) is 14.7. The van der Waals surface area contributed by atoms with Gasteiger partial charge in [0.1, 0.15) is 11.6 Å². The van der Waals surface area contributed by atoms with Crippen LogP contribution in [0.5, 0.6) is 0 Å². The zero-order valence-electron chi connectivity index (χ0n) is 14.7. The molecule has 3 rings (SSSR count). The van der Waals surface area contributed by atoms with Gasteiger partial charge in [-0.15, -0.1) is 0 Å². The molecule has 2 N–H and O–H groups in total. The summed E-state index contributed by atoms with van der Waals surface area (Å²) in [5.74, 6) is -1.63. The van der Waals surface area contributed by atoms with Gasteiger partial charge in [0.05, 0.1) is 18.3 Å². The van der Waals surface area contributed by atoms with E-state index in [0.717, 1.165) is 5.56 Å². The molecule has 7 heteroatoms. The lowest BCUT2D eigenvalue weighted by Gasteiger charge is -2.04. The van der Waals surface area contributed by atoms with Crippen LogP contribution in [0.4, 0.5) is 5.69 Å². The number of hydrogen-bond donors (Lipinski definition) is 2. The van der Waals surface area contributed by atoms with E-state index in [1.165, 1.54) is 30.3 Å². The lowest BCUT2D eigenvalue weighted by Crippen LogP contribution is -2.13. The second-order valence-corrected chi connectivity index (χ2v) is 5.96. The van der Waals surface area contributed by atoms with E-state index in [0.29, 0.717) is 17.8 Å². The van der Waals surface area contributed by atoms with E-state index in [9.17, 15) is 14.9 Å². The van der Waals surface area contributed by atoms with Gasteiger partial charge in [-0.25, -0.2) is 4.79 Å². The number of carbonyl (C=O) groups is 2. The fourth-order valence-corrected chi connectivity index (χ4v) is 2.52. The van der Waals surface area contributed by atoms with Gasteiger partial charge in [0.25, 0.3) is 5.91 Å². The van der Waals surface area contributed by atoms with Gasteiger partial charge in [-0.1, -0.05) is 30.3 Å². The number of amides is 1. The van der Waals surface area contributed by atoms with Crippen molar-refractivity contribution in [1.29, 1.82) is 5.26 Å². The highest BCUT2D eigenvalue weighted by Crippen LogP contribution is 2.13. The lowest BCUT2D eigenvalue weighted by atomic mass is 10.1. The van der Waals surface area contributed by atoms with Crippen molar-refractivity contribution in [2.24, 2.45) is 0 Å². The largest absolute Gasteiger partial charge is 0.478 e. The molecule has 0 fully saturated rings. The Kier molecular flexibility index (Phi) is 5.63. The first-order chi connectivity index (χ1) is 13.5. The lowest BCUT2D eigenvalue weighted by molar-refractivity contribution is -0.112. The van der Waals surface area contributed by atoms with Crippen LogP contribution < -0.4 is 5.32 Å². The summed E-state index contributed by atoms with van der Waals surface area (Å²) in [6.45, 7) is 0.582. The predicted molar refractivity (Wildman–Crippen MR) is 103 cm³/mol. The van der Waals surface area contributed by atoms with Crippen molar-refractivity contribution < 1.29 is 14.7 Å². The summed E-state index contributed by atoms with van der Waals surface area (Å²) in [5.41, 5.74) is 2.14. The third-order valence-electron chi connectivity index (χ3n) is 3.91. The number of rotatable bonds is 6. The van der Waals surface area contributed by atoms with Crippen molar-refractivity contribution in [1.82, 2.24) is 9.78 Å². The van der Waals surface area contributed by atoms with Crippen LogP contribution in [0.3, 0.4) is 0 Å². The minimum atomic E-state index is -1.05. The molecule has 0 spiro atoms. The molecule has 7 nitrogen and oxygen atoms in total. The molecule has 0 radical (unpaired) electrons. The molecule has 0 saturated carbocycles. The third kappa shape index (κ3) is 4.71. The van der Waals surface area contributed by atoms with Gasteiger partial charge in [0, 0.05) is 17.4 Å². The van der Waals surface area contributed by atoms with E-state index in [1.54, 1.807) is 17.1 Å². The smallest absolute Gasteiger partial charge is 0.335 e. The summed E-state index contributed by atoms with van der Waals surface area (Å²) in [4.78, 5) is 23.2. The molecule has 0 aliphatic rings. The van der Waals surface area contributed by atoms with Gasteiger partial charge < -0.3 is 10.4 Å². The Morgan fingerprint density at radius 3 is 2.50 bits per heavy atom. The molecule has 28 heavy (non-hydrogen) atoms. The monoisotopic (exact) mass is 372 g/mol. The minimum Gasteiger partial charge on any atom is -0.478 e. The van der Waals surface area contributed by atoms with Crippen LogP contribution in [-0.4, -0.2) is 26.8 Å². The highest BCUT2D eigenvalue weighted by atomic mass is 16.4. The second kappa shape index (κ2) is 8.47. The number of benzene rings is 2. The summed E-state index contributed by atoms with van der Waals surface area (Å²) in [5, 5.41) is 25.0. The Morgan fingerprint density at radius 1 is 1.14 bits per heavy atom. The minimum absolute atomic E-state index is 0.0819. The van der Waals surface area contributed by atoms with Crippen molar-refractivity contribution in [3.05, 3.63) is 89.3 Å². The van der Waals surface area contributed by atoms with Gasteiger partial charge in [-0.05, 0) is 35.9 Å². The van der Waals surface area contributed by atoms with Crippen LogP contribution in [0, 0.1) is 11.3 Å². The Morgan fingerprint density at radius 2 is 1.86 bits per heavy atom. The molecule has 1 amide bonds. The van der Waals surface area contributed by atoms with Crippen molar-refractivity contribution in [2.45, 2.75) is 6.54 Å². The van der Waals surface area contributed by atoms with E-state index < -0.39 is 11.9 Å². The molecule has 1 aromatic heterocycles. The summed E-state index contributed by atoms with van der Waals surface area (Å²) >= 11 is 0. The van der Waals surface area contributed by atoms with Crippen LogP contribution in [0.2, 0.25) is 0 Å². The number of nitrogens with one attached hydrogen (secondary N) is 1. The van der Waals surface area contributed by atoms with Gasteiger partial charge in [-0.2, -0.15) is 10.4 Å². The van der Waals surface area contributed by atoms with E-state index >= 15 is 0 Å². The van der Waals surface area contributed by atoms with Gasteiger partial charge in [0.2, 0.25) is 0 Å². The Balaban J connectivity index is 1.70. The maximum Gasteiger partial charge on any atom is 0.335 e. The second-order valence-electron chi connectivity index (χ2n) is 5.96. The summed E-state index contributed by atoms with van der Waals surface area (Å²) in [6, 6.07) is 17.4. The number of nitriles is 1. The molecule has 0 aliphatic heterocycles. The number of carboxylic acid groups (broad SMARTS) is 1. The fourth-order valence-electron chi connectivity index (χ4n) is 2.52. The first kappa shape index (κ1) is 18.6. The highest BCUT2D eigenvalue weighted by Gasteiger charge is 2.11. The molecule has 0 bridgehead atoms. The van der Waals surface area contributed by atoms with Crippen molar-refractivity contribution in [3.63, 3.8) is 0 Å². The van der Waals surface area contributed by atoms with E-state index in [-0.39, 0.29) is 11.1 Å². The van der Waals surface area contributed by atoms with Crippen molar-refractivity contribution >= 4 is 23.6 Å². The van der Waals surface area contributed by atoms with Crippen LogP contribution >= 0.6 is 0 Å². The normalized spacial score (nSPS) is 10.9. The first-order valence-electron chi connectivity index (χ1n) is 8.38. The summed E-state index contributed by atoms with van der Waals surface area (Å²) < 4.78 is 1.72. The van der Waals surface area contributed by atoms with Crippen LogP contribution in [0.15, 0.2) is 72.6 Å². The topological polar surface area (TPSA) is 108 Å². The molecule has 138 valence electrons. The van der Waals surface area contributed by atoms with Crippen molar-refractivity contribution in [3.8, 4) is 6.07 Å². The molecule has 0 saturated heterocycles. The van der Waals surface area contributed by atoms with Gasteiger partial charge in [-0.3, -0.25) is 9.48 Å². The van der Waals surface area contributed by atoms with Crippen molar-refractivity contribution in [2.75, 3.05) is 5.32 Å². The predicted octanol–water partition coefficient (Wildman–Crippen LogP) is 3.18. The molecule has 0 unspecified atom stereocenters. The molecule has 0 atom stereocenters. The SMILES string of the molecule is N#C/C(=C\c1cnn(Cc2ccccc2)c1)C(=O)Nc1ccc(C(=O)O)cc1. The number of aromatic carboxylic acids is 1. The number of aromatic nitrogens is 2. The Hall–Kier alpha value is -4.18. The first-order valence-corrected chi connectivity index (χ1v) is 8.38. The molecular formula is C21H16N4O3. The van der Waals surface area contributed by atoms with E-state index in [1.807, 2.05) is 36.4 Å². The van der Waals surface area contributed by atoms with E-state index in [4.69, 9.17) is 5.11 Å². The molecule has 0 aliphatic carbocycles.